The van der Waals surface area contributed by atoms with Gasteiger partial charge in [0.05, 0.1) is 12.2 Å². The Morgan fingerprint density at radius 3 is 2.22 bits per heavy atom. The number of hydrogen-bond acceptors (Lipinski definition) is 6. The van der Waals surface area contributed by atoms with Crippen molar-refractivity contribution < 1.29 is 29.0 Å². The topological polar surface area (TPSA) is 89.9 Å². The molecule has 0 aliphatic carbocycles. The zero-order valence-electron chi connectivity index (χ0n) is 14.9. The molecule has 0 spiro atoms. The van der Waals surface area contributed by atoms with Crippen LogP contribution in [0.5, 0.6) is 0 Å². The van der Waals surface area contributed by atoms with Gasteiger partial charge in [-0.25, -0.2) is 9.59 Å². The second-order valence-electron chi connectivity index (χ2n) is 5.81. The van der Waals surface area contributed by atoms with E-state index in [1.807, 2.05) is 0 Å². The quantitative estimate of drug-likeness (QED) is 0.333. The average Bonchev–Trinajstić information content (AvgIpc) is 2.67. The van der Waals surface area contributed by atoms with Crippen LogP contribution in [-0.4, -0.2) is 35.7 Å². The largest absolute Gasteiger partial charge is 0.462 e. The second-order valence-corrected chi connectivity index (χ2v) is 5.81. The van der Waals surface area contributed by atoms with E-state index in [-0.39, 0.29) is 35.5 Å². The maximum atomic E-state index is 12.6. The maximum Gasteiger partial charge on any atom is 0.338 e. The maximum absolute atomic E-state index is 12.6. The Bertz CT molecular complexity index is 841. The van der Waals surface area contributed by atoms with Crippen molar-refractivity contribution >= 4 is 17.7 Å². The highest BCUT2D eigenvalue weighted by Crippen LogP contribution is 2.16. The first-order valence-electron chi connectivity index (χ1n) is 8.30. The van der Waals surface area contributed by atoms with Gasteiger partial charge in [-0.2, -0.15) is 0 Å². The van der Waals surface area contributed by atoms with Crippen LogP contribution in [0.3, 0.4) is 0 Å². The molecule has 1 atom stereocenters. The SMILES string of the molecule is C=C(C)C(=O)OC(O)CCOC(=O)c1ccccc1C(=O)c1ccccc1. The number of aliphatic hydroxyl groups is 1. The van der Waals surface area contributed by atoms with Gasteiger partial charge in [-0.3, -0.25) is 4.79 Å². The number of hydrogen-bond donors (Lipinski definition) is 1. The van der Waals surface area contributed by atoms with Crippen LogP contribution in [0, 0.1) is 0 Å². The smallest absolute Gasteiger partial charge is 0.338 e. The van der Waals surface area contributed by atoms with Gasteiger partial charge in [0.2, 0.25) is 6.29 Å². The van der Waals surface area contributed by atoms with Gasteiger partial charge in [0, 0.05) is 23.1 Å². The van der Waals surface area contributed by atoms with Crippen LogP contribution in [0.25, 0.3) is 0 Å². The molecule has 0 fully saturated rings. The molecule has 0 aromatic heterocycles. The van der Waals surface area contributed by atoms with Crippen molar-refractivity contribution in [3.05, 3.63) is 83.4 Å². The fourth-order valence-corrected chi connectivity index (χ4v) is 2.22. The third-order valence-electron chi connectivity index (χ3n) is 3.62. The minimum Gasteiger partial charge on any atom is -0.462 e. The zero-order valence-corrected chi connectivity index (χ0v) is 14.9. The van der Waals surface area contributed by atoms with E-state index in [9.17, 15) is 19.5 Å². The Hall–Kier alpha value is -3.25. The lowest BCUT2D eigenvalue weighted by Crippen LogP contribution is -2.21. The first-order valence-corrected chi connectivity index (χ1v) is 8.30. The van der Waals surface area contributed by atoms with Crippen LogP contribution in [0.15, 0.2) is 66.7 Å². The highest BCUT2D eigenvalue weighted by Gasteiger charge is 2.19. The lowest BCUT2D eigenvalue weighted by Gasteiger charge is -2.13. The molecular formula is C21H20O6. The normalized spacial score (nSPS) is 11.3. The summed E-state index contributed by atoms with van der Waals surface area (Å²) in [5.74, 6) is -1.72. The molecule has 0 saturated carbocycles. The van der Waals surface area contributed by atoms with E-state index < -0.39 is 18.2 Å². The molecule has 0 aliphatic rings. The fourth-order valence-electron chi connectivity index (χ4n) is 2.22. The van der Waals surface area contributed by atoms with Crippen LogP contribution < -0.4 is 0 Å². The van der Waals surface area contributed by atoms with Crippen molar-refractivity contribution in [1.82, 2.24) is 0 Å². The van der Waals surface area contributed by atoms with E-state index in [0.29, 0.717) is 5.56 Å². The summed E-state index contributed by atoms with van der Waals surface area (Å²) in [6.45, 7) is 4.68. The Morgan fingerprint density at radius 2 is 1.59 bits per heavy atom. The summed E-state index contributed by atoms with van der Waals surface area (Å²) in [5, 5.41) is 9.61. The molecule has 2 aromatic carbocycles. The predicted molar refractivity (Wildman–Crippen MR) is 98.1 cm³/mol. The summed E-state index contributed by atoms with van der Waals surface area (Å²) in [7, 11) is 0. The van der Waals surface area contributed by atoms with Gasteiger partial charge >= 0.3 is 11.9 Å². The van der Waals surface area contributed by atoms with Gasteiger partial charge in [-0.05, 0) is 13.0 Å². The molecule has 27 heavy (non-hydrogen) atoms. The van der Waals surface area contributed by atoms with E-state index in [1.54, 1.807) is 48.5 Å². The van der Waals surface area contributed by atoms with E-state index in [1.165, 1.54) is 13.0 Å². The standard InChI is InChI=1S/C21H20O6/c1-14(2)20(24)27-18(22)12-13-26-21(25)17-11-7-6-10-16(17)19(23)15-8-4-3-5-9-15/h3-11,18,22H,1,12-13H2,2H3. The molecule has 0 heterocycles. The molecule has 140 valence electrons. The number of carbonyl (C=O) groups is 3. The summed E-state index contributed by atoms with van der Waals surface area (Å²) in [6.07, 6.45) is -1.51. The Balaban J connectivity index is 2.00. The number of aliphatic hydroxyl groups excluding tert-OH is 1. The lowest BCUT2D eigenvalue weighted by molar-refractivity contribution is -0.164. The fraction of sp³-hybridized carbons (Fsp3) is 0.190. The number of ketones is 1. The van der Waals surface area contributed by atoms with Crippen LogP contribution in [-0.2, 0) is 14.3 Å². The van der Waals surface area contributed by atoms with Gasteiger partial charge in [-0.15, -0.1) is 0 Å². The van der Waals surface area contributed by atoms with Gasteiger partial charge in [0.15, 0.2) is 5.78 Å². The zero-order chi connectivity index (χ0) is 19.8. The average molecular weight is 368 g/mol. The van der Waals surface area contributed by atoms with Crippen LogP contribution in [0.4, 0.5) is 0 Å². The molecule has 0 radical (unpaired) electrons. The molecule has 0 amide bonds. The number of esters is 2. The lowest BCUT2D eigenvalue weighted by atomic mass is 9.98. The summed E-state index contributed by atoms with van der Waals surface area (Å²) < 4.78 is 9.79. The summed E-state index contributed by atoms with van der Waals surface area (Å²) >= 11 is 0. The number of ether oxygens (including phenoxy) is 2. The highest BCUT2D eigenvalue weighted by molar-refractivity contribution is 6.14. The second kappa shape index (κ2) is 9.45. The third kappa shape index (κ3) is 5.62. The van der Waals surface area contributed by atoms with Gasteiger partial charge in [0.1, 0.15) is 0 Å². The van der Waals surface area contributed by atoms with Crippen molar-refractivity contribution in [2.75, 3.05) is 6.61 Å². The number of carbonyl (C=O) groups excluding carboxylic acids is 3. The van der Waals surface area contributed by atoms with Crippen molar-refractivity contribution in [3.8, 4) is 0 Å². The summed E-state index contributed by atoms with van der Waals surface area (Å²) in [5.41, 5.74) is 0.960. The predicted octanol–water partition coefficient (Wildman–Crippen LogP) is 2.90. The molecule has 0 aliphatic heterocycles. The van der Waals surface area contributed by atoms with E-state index in [2.05, 4.69) is 6.58 Å². The molecule has 2 rings (SSSR count). The molecule has 1 unspecified atom stereocenters. The van der Waals surface area contributed by atoms with E-state index in [4.69, 9.17) is 9.47 Å². The third-order valence-corrected chi connectivity index (χ3v) is 3.62. The molecule has 1 N–H and O–H groups in total. The van der Waals surface area contributed by atoms with Gasteiger partial charge in [0.25, 0.3) is 0 Å². The molecule has 6 heteroatoms. The Labute approximate surface area is 157 Å². The molecule has 2 aromatic rings. The van der Waals surface area contributed by atoms with Crippen molar-refractivity contribution in [2.45, 2.75) is 19.6 Å². The van der Waals surface area contributed by atoms with Crippen molar-refractivity contribution in [3.63, 3.8) is 0 Å². The Morgan fingerprint density at radius 1 is 1.00 bits per heavy atom. The molecule has 6 nitrogen and oxygen atoms in total. The first-order chi connectivity index (χ1) is 12.9. The van der Waals surface area contributed by atoms with Crippen LogP contribution >= 0.6 is 0 Å². The van der Waals surface area contributed by atoms with Crippen molar-refractivity contribution in [2.24, 2.45) is 0 Å². The van der Waals surface area contributed by atoms with Gasteiger partial charge in [-0.1, -0.05) is 55.1 Å². The van der Waals surface area contributed by atoms with Crippen molar-refractivity contribution in [1.29, 1.82) is 0 Å². The van der Waals surface area contributed by atoms with Crippen LogP contribution in [0.1, 0.15) is 39.6 Å². The van der Waals surface area contributed by atoms with E-state index >= 15 is 0 Å². The minimum atomic E-state index is -1.41. The van der Waals surface area contributed by atoms with Gasteiger partial charge < -0.3 is 14.6 Å². The first kappa shape index (κ1) is 20.1. The monoisotopic (exact) mass is 368 g/mol. The number of rotatable bonds is 8. The summed E-state index contributed by atoms with van der Waals surface area (Å²) in [6, 6.07) is 14.9. The molecular weight excluding hydrogens is 348 g/mol. The minimum absolute atomic E-state index is 0.0977. The Kier molecular flexibility index (Phi) is 7.02. The summed E-state index contributed by atoms with van der Waals surface area (Å²) in [4.78, 5) is 36.3. The van der Waals surface area contributed by atoms with E-state index in [0.717, 1.165) is 0 Å². The molecule has 0 bridgehead atoms. The highest BCUT2D eigenvalue weighted by atomic mass is 16.6. The van der Waals surface area contributed by atoms with Crippen LogP contribution in [0.2, 0.25) is 0 Å². The molecule has 0 saturated heterocycles. The number of benzene rings is 2.